The highest BCUT2D eigenvalue weighted by Crippen LogP contribution is 2.32. The number of nitrogens with zero attached hydrogens (tertiary/aromatic N) is 4. The third kappa shape index (κ3) is 2.98. The molecule has 0 radical (unpaired) electrons. The summed E-state index contributed by atoms with van der Waals surface area (Å²) < 4.78 is 9.62. The average Bonchev–Trinajstić information content (AvgIpc) is 3.15. The zero-order chi connectivity index (χ0) is 15.7. The van der Waals surface area contributed by atoms with E-state index in [2.05, 4.69) is 61.0 Å². The Morgan fingerprint density at radius 1 is 1.36 bits per heavy atom. The molecule has 3 heterocycles. The lowest BCUT2D eigenvalue weighted by Crippen LogP contribution is -2.51. The highest BCUT2D eigenvalue weighted by Gasteiger charge is 2.34. The number of imidazole rings is 1. The minimum absolute atomic E-state index is 0.0390. The number of ether oxygens (including phenoxy) is 1. The molecule has 0 amide bonds. The molecule has 0 bridgehead atoms. The molecular weight excluding hydrogens is 432 g/mol. The fraction of sp³-hybridized carbons (Fsp3) is 0.571. The Morgan fingerprint density at radius 3 is 2.77 bits per heavy atom. The predicted octanol–water partition coefficient (Wildman–Crippen LogP) is 4.25. The van der Waals surface area contributed by atoms with Gasteiger partial charge in [0.25, 0.3) is 0 Å². The van der Waals surface area contributed by atoms with Gasteiger partial charge in [-0.3, -0.25) is 4.57 Å². The molecule has 2 aromatic heterocycles. The summed E-state index contributed by atoms with van der Waals surface area (Å²) in [6.45, 7) is 6.95. The Morgan fingerprint density at radius 2 is 2.14 bits per heavy atom. The van der Waals surface area contributed by atoms with Gasteiger partial charge in [0.2, 0.25) is 0 Å². The van der Waals surface area contributed by atoms with Crippen LogP contribution in [0.2, 0.25) is 0 Å². The maximum Gasteiger partial charge on any atom is 0.187 e. The number of anilines is 1. The number of thiazole rings is 1. The molecule has 1 aliphatic rings. The van der Waals surface area contributed by atoms with E-state index in [-0.39, 0.29) is 5.60 Å². The van der Waals surface area contributed by atoms with Crippen LogP contribution in [-0.2, 0) is 4.74 Å². The molecule has 0 spiro atoms. The molecule has 5 nitrogen and oxygen atoms in total. The van der Waals surface area contributed by atoms with E-state index < -0.39 is 0 Å². The van der Waals surface area contributed by atoms with Crippen LogP contribution in [-0.4, -0.2) is 39.8 Å². The predicted molar refractivity (Wildman–Crippen MR) is 96.1 cm³/mol. The van der Waals surface area contributed by atoms with Crippen molar-refractivity contribution < 1.29 is 4.74 Å². The van der Waals surface area contributed by atoms with Crippen molar-refractivity contribution in [3.8, 4) is 5.82 Å². The second kappa shape index (κ2) is 6.59. The number of halogens is 2. The zero-order valence-corrected chi connectivity index (χ0v) is 16.5. The van der Waals surface area contributed by atoms with Gasteiger partial charge in [0.1, 0.15) is 15.5 Å². The van der Waals surface area contributed by atoms with E-state index in [1.165, 1.54) is 0 Å². The van der Waals surface area contributed by atoms with Gasteiger partial charge in [-0.25, -0.2) is 9.97 Å². The van der Waals surface area contributed by atoms with Crippen LogP contribution in [0.3, 0.4) is 0 Å². The standard InChI is InChI=1S/C14H18Br2N4OS/c1-3-14(4-2)8-19(5-6-21-14)13-18-10(7-22-13)20-9-17-11(15)12(20)16/h7,9H,3-6,8H2,1-2H3. The van der Waals surface area contributed by atoms with E-state index in [1.807, 2.05) is 4.57 Å². The van der Waals surface area contributed by atoms with Crippen LogP contribution in [0, 0.1) is 0 Å². The quantitative estimate of drug-likeness (QED) is 0.699. The fourth-order valence-corrected chi connectivity index (χ4v) is 4.16. The van der Waals surface area contributed by atoms with Gasteiger partial charge in [0.15, 0.2) is 10.9 Å². The molecule has 1 fully saturated rings. The molecule has 1 aliphatic heterocycles. The highest BCUT2D eigenvalue weighted by molar-refractivity contribution is 9.13. The first-order valence-electron chi connectivity index (χ1n) is 7.31. The van der Waals surface area contributed by atoms with Crippen molar-refractivity contribution in [1.29, 1.82) is 0 Å². The second-order valence-electron chi connectivity index (χ2n) is 5.34. The van der Waals surface area contributed by atoms with Gasteiger partial charge in [-0.1, -0.05) is 13.8 Å². The van der Waals surface area contributed by atoms with E-state index in [4.69, 9.17) is 9.72 Å². The van der Waals surface area contributed by atoms with E-state index in [0.29, 0.717) is 0 Å². The largest absolute Gasteiger partial charge is 0.371 e. The first kappa shape index (κ1) is 16.4. The van der Waals surface area contributed by atoms with Crippen molar-refractivity contribution in [2.24, 2.45) is 0 Å². The van der Waals surface area contributed by atoms with E-state index in [0.717, 1.165) is 52.7 Å². The molecule has 3 rings (SSSR count). The minimum Gasteiger partial charge on any atom is -0.371 e. The van der Waals surface area contributed by atoms with Crippen molar-refractivity contribution in [3.05, 3.63) is 20.9 Å². The topological polar surface area (TPSA) is 43.2 Å². The zero-order valence-electron chi connectivity index (χ0n) is 12.6. The number of hydrogen-bond donors (Lipinski definition) is 0. The molecule has 1 saturated heterocycles. The normalized spacial score (nSPS) is 17.9. The van der Waals surface area contributed by atoms with Crippen LogP contribution in [0.5, 0.6) is 0 Å². The lowest BCUT2D eigenvalue weighted by Gasteiger charge is -2.41. The lowest BCUT2D eigenvalue weighted by molar-refractivity contribution is -0.0605. The van der Waals surface area contributed by atoms with Crippen molar-refractivity contribution in [2.75, 3.05) is 24.6 Å². The molecule has 22 heavy (non-hydrogen) atoms. The summed E-state index contributed by atoms with van der Waals surface area (Å²) in [7, 11) is 0. The number of rotatable bonds is 4. The fourth-order valence-electron chi connectivity index (χ4n) is 2.67. The molecule has 0 N–H and O–H groups in total. The lowest BCUT2D eigenvalue weighted by atomic mass is 9.95. The summed E-state index contributed by atoms with van der Waals surface area (Å²) in [5.74, 6) is 0.884. The van der Waals surface area contributed by atoms with E-state index in [9.17, 15) is 0 Å². The molecule has 0 saturated carbocycles. The van der Waals surface area contributed by atoms with Crippen molar-refractivity contribution in [2.45, 2.75) is 32.3 Å². The van der Waals surface area contributed by atoms with Crippen molar-refractivity contribution in [1.82, 2.24) is 14.5 Å². The van der Waals surface area contributed by atoms with Gasteiger partial charge in [-0.05, 0) is 44.7 Å². The number of morpholine rings is 1. The van der Waals surface area contributed by atoms with Crippen LogP contribution >= 0.6 is 43.2 Å². The van der Waals surface area contributed by atoms with Crippen LogP contribution in [0.15, 0.2) is 20.9 Å². The molecule has 2 aromatic rings. The van der Waals surface area contributed by atoms with Gasteiger partial charge >= 0.3 is 0 Å². The smallest absolute Gasteiger partial charge is 0.187 e. The summed E-state index contributed by atoms with van der Waals surface area (Å²) in [5.41, 5.74) is -0.0390. The first-order valence-corrected chi connectivity index (χ1v) is 9.78. The number of aromatic nitrogens is 3. The van der Waals surface area contributed by atoms with E-state index in [1.54, 1.807) is 17.7 Å². The molecular formula is C14H18Br2N4OS. The number of hydrogen-bond acceptors (Lipinski definition) is 5. The van der Waals surface area contributed by atoms with Crippen molar-refractivity contribution >= 4 is 48.3 Å². The van der Waals surface area contributed by atoms with Gasteiger partial charge < -0.3 is 9.64 Å². The Balaban J connectivity index is 1.83. The first-order chi connectivity index (χ1) is 10.6. The molecule has 120 valence electrons. The summed E-state index contributed by atoms with van der Waals surface area (Å²) in [6.07, 6.45) is 3.81. The third-order valence-electron chi connectivity index (χ3n) is 4.20. The van der Waals surface area contributed by atoms with Gasteiger partial charge in [-0.15, -0.1) is 11.3 Å². The monoisotopic (exact) mass is 448 g/mol. The molecule has 0 unspecified atom stereocenters. The maximum atomic E-state index is 6.04. The molecule has 8 heteroatoms. The van der Waals surface area contributed by atoms with Crippen LogP contribution in [0.1, 0.15) is 26.7 Å². The van der Waals surface area contributed by atoms with Crippen LogP contribution < -0.4 is 4.90 Å². The van der Waals surface area contributed by atoms with Crippen LogP contribution in [0.25, 0.3) is 5.82 Å². The molecule has 0 aromatic carbocycles. The SMILES string of the molecule is CCC1(CC)CN(c2nc(-n3cnc(Br)c3Br)cs2)CCO1. The van der Waals surface area contributed by atoms with Crippen LogP contribution in [0.4, 0.5) is 5.13 Å². The van der Waals surface area contributed by atoms with Crippen molar-refractivity contribution in [3.63, 3.8) is 0 Å². The van der Waals surface area contributed by atoms with E-state index >= 15 is 0 Å². The summed E-state index contributed by atoms with van der Waals surface area (Å²) in [5, 5.41) is 3.10. The molecule has 0 atom stereocenters. The molecule has 0 aliphatic carbocycles. The average molecular weight is 450 g/mol. The summed E-state index contributed by atoms with van der Waals surface area (Å²) >= 11 is 8.58. The Bertz CT molecular complexity index is 653. The Hall–Kier alpha value is -0.440. The maximum absolute atomic E-state index is 6.04. The summed E-state index contributed by atoms with van der Waals surface area (Å²) in [6, 6.07) is 0. The van der Waals surface area contributed by atoms with Gasteiger partial charge in [0.05, 0.1) is 12.2 Å². The minimum atomic E-state index is -0.0390. The third-order valence-corrected chi connectivity index (χ3v) is 6.96. The summed E-state index contributed by atoms with van der Waals surface area (Å²) in [4.78, 5) is 11.3. The van der Waals surface area contributed by atoms with Gasteiger partial charge in [-0.2, -0.15) is 0 Å². The Labute approximate surface area is 151 Å². The second-order valence-corrected chi connectivity index (χ2v) is 7.68. The van der Waals surface area contributed by atoms with Gasteiger partial charge in [0, 0.05) is 18.5 Å². The highest BCUT2D eigenvalue weighted by atomic mass is 79.9. The Kier molecular flexibility index (Phi) is 4.92.